The monoisotopic (exact) mass is 544 g/mol. The van der Waals surface area contributed by atoms with E-state index in [1.54, 1.807) is 20.4 Å². The van der Waals surface area contributed by atoms with Gasteiger partial charge in [0, 0.05) is 22.9 Å². The second-order valence-electron chi connectivity index (χ2n) is 10.2. The van der Waals surface area contributed by atoms with Crippen molar-refractivity contribution in [3.8, 4) is 56.4 Å². The van der Waals surface area contributed by atoms with E-state index >= 15 is 0 Å². The average Bonchev–Trinajstić information content (AvgIpc) is 3.07. The van der Waals surface area contributed by atoms with Crippen LogP contribution in [0.5, 0.6) is 11.5 Å². The number of rotatable bonds is 6. The van der Waals surface area contributed by atoms with E-state index < -0.39 is 0 Å². The van der Waals surface area contributed by atoms with Crippen LogP contribution in [0, 0.1) is 0 Å². The largest absolute Gasteiger partial charge is 0.496 e. The van der Waals surface area contributed by atoms with Gasteiger partial charge < -0.3 is 9.47 Å². The predicted octanol–water partition coefficient (Wildman–Crippen LogP) is 9.47. The highest BCUT2D eigenvalue weighted by Crippen LogP contribution is 2.46. The highest BCUT2D eigenvalue weighted by Gasteiger charge is 2.19. The lowest BCUT2D eigenvalue weighted by atomic mass is 9.91. The lowest BCUT2D eigenvalue weighted by Crippen LogP contribution is -1.95. The smallest absolute Gasteiger partial charge is 0.127 e. The normalized spacial score (nSPS) is 11.1. The van der Waals surface area contributed by atoms with Crippen LogP contribution in [0.15, 0.2) is 134 Å². The summed E-state index contributed by atoms with van der Waals surface area (Å²) in [6, 6.07) is 43.7. The molecule has 0 fully saturated rings. The lowest BCUT2D eigenvalue weighted by Gasteiger charge is -2.18. The molecule has 0 bridgehead atoms. The molecule has 7 rings (SSSR count). The summed E-state index contributed by atoms with van der Waals surface area (Å²) < 4.78 is 11.8. The van der Waals surface area contributed by atoms with Crippen LogP contribution in [0.3, 0.4) is 0 Å². The van der Waals surface area contributed by atoms with Gasteiger partial charge in [0.2, 0.25) is 0 Å². The van der Waals surface area contributed by atoms with Crippen molar-refractivity contribution < 1.29 is 9.47 Å². The molecule has 0 atom stereocenters. The van der Waals surface area contributed by atoms with E-state index in [1.165, 1.54) is 0 Å². The molecule has 5 aromatic carbocycles. The Balaban J connectivity index is 1.45. The van der Waals surface area contributed by atoms with Crippen LogP contribution in [0.1, 0.15) is 0 Å². The van der Waals surface area contributed by atoms with Crippen LogP contribution in [-0.4, -0.2) is 24.2 Å². The van der Waals surface area contributed by atoms with Gasteiger partial charge in [0.15, 0.2) is 0 Å². The van der Waals surface area contributed by atoms with Gasteiger partial charge in [-0.1, -0.05) is 84.9 Å². The first-order valence-electron chi connectivity index (χ1n) is 13.9. The Bertz CT molecular complexity index is 2000. The van der Waals surface area contributed by atoms with E-state index in [4.69, 9.17) is 14.5 Å². The third-order valence-corrected chi connectivity index (χ3v) is 7.72. The summed E-state index contributed by atoms with van der Waals surface area (Å²) in [6.07, 6.45) is 1.80. The Morgan fingerprint density at radius 1 is 0.452 bits per heavy atom. The van der Waals surface area contributed by atoms with Crippen LogP contribution in [0.4, 0.5) is 0 Å². The molecule has 4 heteroatoms. The van der Waals surface area contributed by atoms with Gasteiger partial charge in [-0.3, -0.25) is 4.98 Å². The van der Waals surface area contributed by atoms with Gasteiger partial charge in [0.05, 0.1) is 31.3 Å². The molecule has 2 aromatic heterocycles. The first-order valence-corrected chi connectivity index (χ1v) is 13.9. The number of nitrogens with zero attached hydrogens (tertiary/aromatic N) is 2. The number of methoxy groups -OCH3 is 2. The fourth-order valence-electron chi connectivity index (χ4n) is 5.70. The zero-order valence-corrected chi connectivity index (χ0v) is 23.4. The summed E-state index contributed by atoms with van der Waals surface area (Å²) in [4.78, 5) is 9.67. The molecule has 2 heterocycles. The number of fused-ring (bicyclic) bond motifs is 2. The van der Waals surface area contributed by atoms with Crippen LogP contribution < -0.4 is 9.47 Å². The van der Waals surface area contributed by atoms with E-state index in [0.29, 0.717) is 0 Å². The SMILES string of the molecule is COc1ccc2ccccc2c1-c1c(OC)ccc2cc(-c3cc(-c4ccccc4)cc(-c4ccccn4)n3)ccc12. The molecule has 42 heavy (non-hydrogen) atoms. The van der Waals surface area contributed by atoms with Crippen molar-refractivity contribution in [2.24, 2.45) is 0 Å². The molecule has 0 amide bonds. The van der Waals surface area contributed by atoms with Gasteiger partial charge in [0.25, 0.3) is 0 Å². The first-order chi connectivity index (χ1) is 20.7. The molecule has 0 aliphatic rings. The van der Waals surface area contributed by atoms with Crippen LogP contribution in [0.25, 0.3) is 66.4 Å². The van der Waals surface area contributed by atoms with E-state index in [0.717, 1.165) is 77.9 Å². The van der Waals surface area contributed by atoms with Crippen LogP contribution >= 0.6 is 0 Å². The third kappa shape index (κ3) is 4.53. The van der Waals surface area contributed by atoms with Gasteiger partial charge in [-0.15, -0.1) is 0 Å². The summed E-state index contributed by atoms with van der Waals surface area (Å²) >= 11 is 0. The van der Waals surface area contributed by atoms with Crippen molar-refractivity contribution in [1.29, 1.82) is 0 Å². The standard InChI is InChI=1S/C38H28N2O2/c1-41-35-19-16-26-12-6-7-13-30(26)37(35)38-31-18-15-28(22-27(31)17-20-36(38)42-2)33-23-29(25-10-4-3-5-11-25)24-34(40-33)32-14-8-9-21-39-32/h3-24H,1-2H3. The Labute approximate surface area is 244 Å². The summed E-state index contributed by atoms with van der Waals surface area (Å²) in [7, 11) is 3.43. The first kappa shape index (κ1) is 25.5. The summed E-state index contributed by atoms with van der Waals surface area (Å²) in [5.74, 6) is 1.60. The number of aromatic nitrogens is 2. The molecule has 0 spiro atoms. The summed E-state index contributed by atoms with van der Waals surface area (Å²) in [5, 5.41) is 4.43. The topological polar surface area (TPSA) is 44.2 Å². The van der Waals surface area contributed by atoms with E-state index in [1.807, 2.05) is 36.4 Å². The molecule has 0 N–H and O–H groups in total. The quantitative estimate of drug-likeness (QED) is 0.209. The second kappa shape index (κ2) is 10.8. The van der Waals surface area contributed by atoms with Gasteiger partial charge in [-0.05, 0) is 75.1 Å². The second-order valence-corrected chi connectivity index (χ2v) is 10.2. The highest BCUT2D eigenvalue weighted by molar-refractivity contribution is 6.10. The highest BCUT2D eigenvalue weighted by atomic mass is 16.5. The Kier molecular flexibility index (Phi) is 6.57. The van der Waals surface area contributed by atoms with Crippen molar-refractivity contribution in [2.75, 3.05) is 14.2 Å². The maximum Gasteiger partial charge on any atom is 0.127 e. The minimum Gasteiger partial charge on any atom is -0.496 e. The molecule has 202 valence electrons. The number of hydrogen-bond donors (Lipinski definition) is 0. The van der Waals surface area contributed by atoms with E-state index in [-0.39, 0.29) is 0 Å². The lowest BCUT2D eigenvalue weighted by molar-refractivity contribution is 0.411. The van der Waals surface area contributed by atoms with Gasteiger partial charge in [-0.2, -0.15) is 0 Å². The Morgan fingerprint density at radius 2 is 1.12 bits per heavy atom. The molecule has 0 saturated carbocycles. The molecule has 0 unspecified atom stereocenters. The molecule has 4 nitrogen and oxygen atoms in total. The number of benzene rings is 5. The maximum absolute atomic E-state index is 5.93. The number of pyridine rings is 2. The molecule has 0 saturated heterocycles. The van der Waals surface area contributed by atoms with Gasteiger partial charge >= 0.3 is 0 Å². The van der Waals surface area contributed by atoms with Crippen molar-refractivity contribution in [3.63, 3.8) is 0 Å². The van der Waals surface area contributed by atoms with Gasteiger partial charge in [-0.25, -0.2) is 4.98 Å². The minimum atomic E-state index is 0.798. The van der Waals surface area contributed by atoms with Crippen LogP contribution in [0.2, 0.25) is 0 Å². The van der Waals surface area contributed by atoms with E-state index in [9.17, 15) is 0 Å². The molecule has 0 aliphatic heterocycles. The van der Waals surface area contributed by atoms with Crippen molar-refractivity contribution in [1.82, 2.24) is 9.97 Å². The zero-order chi connectivity index (χ0) is 28.5. The maximum atomic E-state index is 5.93. The Hall–Kier alpha value is -5.48. The van der Waals surface area contributed by atoms with E-state index in [2.05, 4.69) is 96.0 Å². The molecular weight excluding hydrogens is 516 g/mol. The number of hydrogen-bond acceptors (Lipinski definition) is 4. The average molecular weight is 545 g/mol. The minimum absolute atomic E-state index is 0.798. The van der Waals surface area contributed by atoms with Crippen LogP contribution in [-0.2, 0) is 0 Å². The molecule has 0 aliphatic carbocycles. The van der Waals surface area contributed by atoms with Crippen molar-refractivity contribution in [3.05, 3.63) is 134 Å². The summed E-state index contributed by atoms with van der Waals surface area (Å²) in [5.41, 5.74) is 7.85. The fraction of sp³-hybridized carbons (Fsp3) is 0.0526. The third-order valence-electron chi connectivity index (χ3n) is 7.72. The Morgan fingerprint density at radius 3 is 1.86 bits per heavy atom. The molecule has 0 radical (unpaired) electrons. The zero-order valence-electron chi connectivity index (χ0n) is 23.4. The summed E-state index contributed by atoms with van der Waals surface area (Å²) in [6.45, 7) is 0. The molecular formula is C38H28N2O2. The fourth-order valence-corrected chi connectivity index (χ4v) is 5.70. The van der Waals surface area contributed by atoms with Crippen molar-refractivity contribution >= 4 is 21.5 Å². The van der Waals surface area contributed by atoms with Crippen molar-refractivity contribution in [2.45, 2.75) is 0 Å². The number of ether oxygens (including phenoxy) is 2. The predicted molar refractivity (Wildman–Crippen MR) is 172 cm³/mol. The van der Waals surface area contributed by atoms with Gasteiger partial charge in [0.1, 0.15) is 11.5 Å². The molecule has 7 aromatic rings.